The summed E-state index contributed by atoms with van der Waals surface area (Å²) < 4.78 is 20.4. The van der Waals surface area contributed by atoms with E-state index >= 15 is 0 Å². The van der Waals surface area contributed by atoms with Gasteiger partial charge in [0.2, 0.25) is 0 Å². The molecule has 222 valence electrons. The number of halogens is 2. The summed E-state index contributed by atoms with van der Waals surface area (Å²) in [5.41, 5.74) is 2.08. The van der Waals surface area contributed by atoms with Crippen LogP contribution in [0, 0.1) is 5.82 Å². The Kier molecular flexibility index (Phi) is 16.8. The number of hydrogen-bond donors (Lipinski definition) is 2. The van der Waals surface area contributed by atoms with Crippen molar-refractivity contribution in [1.29, 1.82) is 0 Å². The fourth-order valence-electron chi connectivity index (χ4n) is 4.75. The van der Waals surface area contributed by atoms with Crippen LogP contribution in [0.25, 0.3) is 0 Å². The highest BCUT2D eigenvalue weighted by Gasteiger charge is 2.16. The van der Waals surface area contributed by atoms with Crippen molar-refractivity contribution in [3.05, 3.63) is 65.0 Å². The summed E-state index contributed by atoms with van der Waals surface area (Å²) in [5.74, 6) is 0.523. The molecule has 2 N–H and O–H groups in total. The zero-order valence-corrected chi connectivity index (χ0v) is 26.7. The van der Waals surface area contributed by atoms with Gasteiger partial charge in [0.1, 0.15) is 0 Å². The lowest BCUT2D eigenvalue weighted by molar-refractivity contribution is 0.261. The SMILES string of the molecule is Br.CCCCCCCCCCCCCCOc1c(F)cccc1NC(=O)Nc1ccccc1CN1C=C(C)SC1. The van der Waals surface area contributed by atoms with Crippen molar-refractivity contribution in [2.24, 2.45) is 0 Å². The summed E-state index contributed by atoms with van der Waals surface area (Å²) in [7, 11) is 0. The van der Waals surface area contributed by atoms with E-state index in [-0.39, 0.29) is 22.7 Å². The second-order valence-electron chi connectivity index (χ2n) is 10.4. The van der Waals surface area contributed by atoms with Crippen LogP contribution in [-0.4, -0.2) is 23.4 Å². The van der Waals surface area contributed by atoms with Crippen LogP contribution in [0.1, 0.15) is 96.5 Å². The molecule has 0 radical (unpaired) electrons. The summed E-state index contributed by atoms with van der Waals surface area (Å²) in [6, 6.07) is 11.9. The number of rotatable bonds is 18. The molecule has 3 rings (SSSR count). The number of urea groups is 1. The predicted molar refractivity (Wildman–Crippen MR) is 174 cm³/mol. The van der Waals surface area contributed by atoms with Gasteiger partial charge in [0.25, 0.3) is 0 Å². The van der Waals surface area contributed by atoms with E-state index < -0.39 is 11.8 Å². The van der Waals surface area contributed by atoms with Crippen molar-refractivity contribution in [3.8, 4) is 5.75 Å². The Morgan fingerprint density at radius 3 is 2.12 bits per heavy atom. The number of nitrogens with zero attached hydrogens (tertiary/aromatic N) is 1. The molecule has 1 aliphatic rings. The summed E-state index contributed by atoms with van der Waals surface area (Å²) in [5, 5.41) is 5.71. The van der Waals surface area contributed by atoms with Gasteiger partial charge in [-0.1, -0.05) is 102 Å². The third-order valence-electron chi connectivity index (χ3n) is 6.92. The summed E-state index contributed by atoms with van der Waals surface area (Å²) in [6.07, 6.45) is 17.3. The van der Waals surface area contributed by atoms with Crippen molar-refractivity contribution in [3.63, 3.8) is 0 Å². The maximum atomic E-state index is 14.6. The van der Waals surface area contributed by atoms with Crippen LogP contribution < -0.4 is 15.4 Å². The molecule has 2 amide bonds. The van der Waals surface area contributed by atoms with E-state index in [9.17, 15) is 9.18 Å². The van der Waals surface area contributed by atoms with E-state index in [1.54, 1.807) is 23.9 Å². The molecule has 8 heteroatoms. The van der Waals surface area contributed by atoms with Gasteiger partial charge in [0, 0.05) is 18.4 Å². The van der Waals surface area contributed by atoms with E-state index in [1.807, 2.05) is 24.3 Å². The lowest BCUT2D eigenvalue weighted by Crippen LogP contribution is -2.22. The number of allylic oxidation sites excluding steroid dienone is 1. The van der Waals surface area contributed by atoms with Crippen molar-refractivity contribution in [1.82, 2.24) is 4.90 Å². The average Bonchev–Trinajstić information content (AvgIpc) is 3.33. The van der Waals surface area contributed by atoms with Crippen LogP contribution in [0.4, 0.5) is 20.6 Å². The number of para-hydroxylation sites is 2. The first-order chi connectivity index (χ1) is 19.1. The van der Waals surface area contributed by atoms with E-state index in [4.69, 9.17) is 4.74 Å². The Bertz CT molecular complexity index is 1050. The molecule has 0 fully saturated rings. The number of hydrogen-bond acceptors (Lipinski definition) is 4. The molecule has 0 unspecified atom stereocenters. The van der Waals surface area contributed by atoms with Gasteiger partial charge in [0.15, 0.2) is 11.6 Å². The molecule has 0 saturated carbocycles. The minimum atomic E-state index is -0.471. The molecule has 1 heterocycles. The number of nitrogens with one attached hydrogen (secondary N) is 2. The highest BCUT2D eigenvalue weighted by atomic mass is 79.9. The Balaban J connectivity index is 0.00000560. The standard InChI is InChI=1S/C32H46FN3O2S.BrH/c1-3-4-5-6-7-8-9-10-11-12-13-16-22-38-31-28(33)19-17-21-30(31)35-32(37)34-29-20-15-14-18-27(29)24-36-23-26(2)39-25-36;/h14-15,17-21,23H,3-13,16,22,24-25H2,1-2H3,(H2,34,35,37);1H. The van der Waals surface area contributed by atoms with Crippen LogP contribution >= 0.6 is 28.7 Å². The number of benzene rings is 2. The molecule has 0 saturated heterocycles. The Morgan fingerprint density at radius 1 is 0.875 bits per heavy atom. The molecule has 0 bridgehead atoms. The molecule has 0 aromatic heterocycles. The zero-order valence-electron chi connectivity index (χ0n) is 24.2. The molecule has 5 nitrogen and oxygen atoms in total. The van der Waals surface area contributed by atoms with Gasteiger partial charge in [-0.05, 0) is 42.0 Å². The van der Waals surface area contributed by atoms with Gasteiger partial charge in [-0.25, -0.2) is 9.18 Å². The van der Waals surface area contributed by atoms with Gasteiger partial charge in [-0.3, -0.25) is 0 Å². The first kappa shape index (κ1) is 34.0. The van der Waals surface area contributed by atoms with Crippen LogP contribution in [0.5, 0.6) is 5.75 Å². The van der Waals surface area contributed by atoms with Crippen molar-refractivity contribution < 1.29 is 13.9 Å². The Labute approximate surface area is 255 Å². The highest BCUT2D eigenvalue weighted by molar-refractivity contribution is 8.93. The first-order valence-corrected chi connectivity index (χ1v) is 15.7. The second-order valence-corrected chi connectivity index (χ2v) is 11.5. The van der Waals surface area contributed by atoms with Crippen molar-refractivity contribution in [2.75, 3.05) is 23.1 Å². The van der Waals surface area contributed by atoms with Gasteiger partial charge in [-0.15, -0.1) is 28.7 Å². The smallest absolute Gasteiger partial charge is 0.323 e. The minimum absolute atomic E-state index is 0. The molecule has 0 spiro atoms. The van der Waals surface area contributed by atoms with Gasteiger partial charge in [-0.2, -0.15) is 0 Å². The number of ether oxygens (including phenoxy) is 1. The normalized spacial score (nSPS) is 12.6. The number of carbonyl (C=O) groups is 1. The van der Waals surface area contributed by atoms with E-state index in [0.717, 1.165) is 30.0 Å². The largest absolute Gasteiger partial charge is 0.488 e. The second kappa shape index (κ2) is 19.8. The summed E-state index contributed by atoms with van der Waals surface area (Å²) >= 11 is 1.80. The lowest BCUT2D eigenvalue weighted by atomic mass is 10.1. The number of unbranched alkanes of at least 4 members (excludes halogenated alkanes) is 11. The molecular weight excluding hydrogens is 589 g/mol. The topological polar surface area (TPSA) is 53.6 Å². The monoisotopic (exact) mass is 635 g/mol. The van der Waals surface area contributed by atoms with Crippen LogP contribution in [0.3, 0.4) is 0 Å². The lowest BCUT2D eigenvalue weighted by Gasteiger charge is -2.18. The molecule has 0 atom stereocenters. The van der Waals surface area contributed by atoms with Crippen LogP contribution in [-0.2, 0) is 6.54 Å². The van der Waals surface area contributed by atoms with Gasteiger partial charge in [0.05, 0.1) is 18.2 Å². The zero-order chi connectivity index (χ0) is 27.7. The van der Waals surface area contributed by atoms with Gasteiger partial charge >= 0.3 is 6.03 Å². The maximum absolute atomic E-state index is 14.6. The van der Waals surface area contributed by atoms with E-state index in [1.165, 1.54) is 75.2 Å². The average molecular weight is 637 g/mol. The van der Waals surface area contributed by atoms with E-state index in [0.29, 0.717) is 18.8 Å². The molecule has 1 aliphatic heterocycles. The Morgan fingerprint density at radius 2 is 1.48 bits per heavy atom. The fourth-order valence-corrected chi connectivity index (χ4v) is 5.51. The quantitative estimate of drug-likeness (QED) is 0.160. The molecular formula is C32H47BrFN3O2S. The fraction of sp³-hybridized carbons (Fsp3) is 0.531. The van der Waals surface area contributed by atoms with E-state index in [2.05, 4.69) is 35.6 Å². The van der Waals surface area contributed by atoms with Crippen molar-refractivity contribution in [2.45, 2.75) is 97.4 Å². The maximum Gasteiger partial charge on any atom is 0.323 e. The third kappa shape index (κ3) is 12.5. The minimum Gasteiger partial charge on any atom is -0.488 e. The van der Waals surface area contributed by atoms with Crippen LogP contribution in [0.15, 0.2) is 53.6 Å². The molecule has 40 heavy (non-hydrogen) atoms. The molecule has 2 aromatic rings. The number of carbonyl (C=O) groups excluding carboxylic acids is 1. The summed E-state index contributed by atoms with van der Waals surface area (Å²) in [4.78, 5) is 16.3. The molecule has 2 aromatic carbocycles. The first-order valence-electron chi connectivity index (χ1n) is 14.7. The predicted octanol–water partition coefficient (Wildman–Crippen LogP) is 10.5. The molecule has 0 aliphatic carbocycles. The van der Waals surface area contributed by atoms with Gasteiger partial charge < -0.3 is 20.3 Å². The Hall–Kier alpha value is -2.19. The third-order valence-corrected chi connectivity index (χ3v) is 7.94. The number of anilines is 2. The highest BCUT2D eigenvalue weighted by Crippen LogP contribution is 2.30. The van der Waals surface area contributed by atoms with Crippen LogP contribution in [0.2, 0.25) is 0 Å². The number of thioether (sulfide) groups is 1. The number of amides is 2. The van der Waals surface area contributed by atoms with Crippen molar-refractivity contribution >= 4 is 46.1 Å². The summed E-state index contributed by atoms with van der Waals surface area (Å²) in [6.45, 7) is 5.48.